The van der Waals surface area contributed by atoms with Crippen LogP contribution >= 0.6 is 0 Å². The largest absolute Gasteiger partial charge is 0.309 e. The molecule has 12 heavy (non-hydrogen) atoms. The van der Waals surface area contributed by atoms with E-state index >= 15 is 0 Å². The van der Waals surface area contributed by atoms with E-state index in [1.807, 2.05) is 0 Å². The quantitative estimate of drug-likeness (QED) is 0.624. The first kappa shape index (κ1) is 10.0. The summed E-state index contributed by atoms with van der Waals surface area (Å²) in [6.07, 6.45) is 2.88. The van der Waals surface area contributed by atoms with Gasteiger partial charge in [0.15, 0.2) is 0 Å². The van der Waals surface area contributed by atoms with Gasteiger partial charge in [0.05, 0.1) is 0 Å². The first-order chi connectivity index (χ1) is 5.59. The zero-order chi connectivity index (χ0) is 9.14. The average molecular weight is 170 g/mol. The van der Waals surface area contributed by atoms with Gasteiger partial charge in [-0.2, -0.15) is 0 Å². The molecule has 0 amide bonds. The SMILES string of the molecule is CN(C)C[C@H]1CC[C@@H]1CN(C)C. The summed E-state index contributed by atoms with van der Waals surface area (Å²) in [6, 6.07) is 0. The summed E-state index contributed by atoms with van der Waals surface area (Å²) in [6.45, 7) is 2.55. The van der Waals surface area contributed by atoms with Gasteiger partial charge in [0.2, 0.25) is 0 Å². The molecule has 1 aliphatic rings. The molecule has 0 aromatic heterocycles. The summed E-state index contributed by atoms with van der Waals surface area (Å²) in [4.78, 5) is 4.62. The fourth-order valence-corrected chi connectivity index (χ4v) is 2.06. The van der Waals surface area contributed by atoms with E-state index in [4.69, 9.17) is 0 Å². The molecule has 2 nitrogen and oxygen atoms in total. The molecule has 0 radical (unpaired) electrons. The lowest BCUT2D eigenvalue weighted by molar-refractivity contribution is 0.105. The second-order valence-electron chi connectivity index (χ2n) is 4.62. The Hall–Kier alpha value is -0.0800. The molecule has 0 unspecified atom stereocenters. The lowest BCUT2D eigenvalue weighted by Gasteiger charge is -2.39. The number of hydrogen-bond donors (Lipinski definition) is 0. The van der Waals surface area contributed by atoms with Crippen LogP contribution in [0.5, 0.6) is 0 Å². The topological polar surface area (TPSA) is 6.48 Å². The number of nitrogens with zero attached hydrogens (tertiary/aromatic N) is 2. The molecule has 1 fully saturated rings. The van der Waals surface area contributed by atoms with Gasteiger partial charge in [-0.1, -0.05) is 0 Å². The highest BCUT2D eigenvalue weighted by atomic mass is 15.1. The van der Waals surface area contributed by atoms with Crippen molar-refractivity contribution in [2.75, 3.05) is 41.3 Å². The molecule has 72 valence electrons. The molecule has 0 spiro atoms. The Morgan fingerprint density at radius 2 is 1.17 bits per heavy atom. The van der Waals surface area contributed by atoms with Crippen molar-refractivity contribution in [3.8, 4) is 0 Å². The Labute approximate surface area is 76.5 Å². The third-order valence-electron chi connectivity index (χ3n) is 2.77. The van der Waals surface area contributed by atoms with E-state index in [1.165, 1.54) is 25.9 Å². The summed E-state index contributed by atoms with van der Waals surface area (Å²) in [5.41, 5.74) is 0. The first-order valence-electron chi connectivity index (χ1n) is 4.89. The number of rotatable bonds is 4. The highest BCUT2D eigenvalue weighted by Crippen LogP contribution is 2.34. The van der Waals surface area contributed by atoms with Gasteiger partial charge in [0, 0.05) is 13.1 Å². The highest BCUT2D eigenvalue weighted by molar-refractivity contribution is 4.83. The van der Waals surface area contributed by atoms with Crippen LogP contribution in [-0.4, -0.2) is 51.1 Å². The smallest absolute Gasteiger partial charge is 0.000669 e. The molecule has 0 aliphatic heterocycles. The van der Waals surface area contributed by atoms with Crippen molar-refractivity contribution in [2.45, 2.75) is 12.8 Å². The van der Waals surface area contributed by atoms with E-state index in [0.717, 1.165) is 11.8 Å². The van der Waals surface area contributed by atoms with Crippen LogP contribution in [0.4, 0.5) is 0 Å². The molecule has 0 bridgehead atoms. The normalized spacial score (nSPS) is 29.5. The van der Waals surface area contributed by atoms with Crippen molar-refractivity contribution in [3.63, 3.8) is 0 Å². The summed E-state index contributed by atoms with van der Waals surface area (Å²) >= 11 is 0. The van der Waals surface area contributed by atoms with Gasteiger partial charge >= 0.3 is 0 Å². The summed E-state index contributed by atoms with van der Waals surface area (Å²) in [7, 11) is 8.69. The molecule has 0 N–H and O–H groups in total. The fraction of sp³-hybridized carbons (Fsp3) is 1.00. The van der Waals surface area contributed by atoms with Gasteiger partial charge < -0.3 is 9.80 Å². The van der Waals surface area contributed by atoms with Crippen molar-refractivity contribution in [2.24, 2.45) is 11.8 Å². The Morgan fingerprint density at radius 1 is 0.833 bits per heavy atom. The predicted molar refractivity (Wildman–Crippen MR) is 53.3 cm³/mol. The Balaban J connectivity index is 2.20. The zero-order valence-electron chi connectivity index (χ0n) is 8.88. The number of hydrogen-bond acceptors (Lipinski definition) is 2. The van der Waals surface area contributed by atoms with Gasteiger partial charge in [0.1, 0.15) is 0 Å². The van der Waals surface area contributed by atoms with E-state index in [2.05, 4.69) is 38.0 Å². The minimum absolute atomic E-state index is 0.961. The maximum atomic E-state index is 2.31. The monoisotopic (exact) mass is 170 g/mol. The lowest BCUT2D eigenvalue weighted by atomic mass is 9.73. The molecule has 0 heterocycles. The van der Waals surface area contributed by atoms with Crippen LogP contribution in [0.25, 0.3) is 0 Å². The molecule has 2 atom stereocenters. The molecule has 1 rings (SSSR count). The van der Waals surface area contributed by atoms with Gasteiger partial charge in [-0.3, -0.25) is 0 Å². The molecule has 1 aliphatic carbocycles. The minimum Gasteiger partial charge on any atom is -0.309 e. The van der Waals surface area contributed by atoms with Crippen molar-refractivity contribution in [3.05, 3.63) is 0 Å². The van der Waals surface area contributed by atoms with Crippen LogP contribution < -0.4 is 0 Å². The van der Waals surface area contributed by atoms with Crippen LogP contribution in [0.15, 0.2) is 0 Å². The van der Waals surface area contributed by atoms with Gasteiger partial charge in [-0.05, 0) is 52.9 Å². The first-order valence-corrected chi connectivity index (χ1v) is 4.89. The van der Waals surface area contributed by atoms with Gasteiger partial charge in [0.25, 0.3) is 0 Å². The Morgan fingerprint density at radius 3 is 1.33 bits per heavy atom. The average Bonchev–Trinajstić information content (AvgIpc) is 1.93. The minimum atomic E-state index is 0.961. The second-order valence-corrected chi connectivity index (χ2v) is 4.62. The lowest BCUT2D eigenvalue weighted by Crippen LogP contribution is -2.40. The van der Waals surface area contributed by atoms with Crippen LogP contribution in [0, 0.1) is 11.8 Å². The molecular weight excluding hydrogens is 148 g/mol. The molecular formula is C10H22N2. The van der Waals surface area contributed by atoms with E-state index in [1.54, 1.807) is 0 Å². The van der Waals surface area contributed by atoms with Crippen LogP contribution in [0.3, 0.4) is 0 Å². The van der Waals surface area contributed by atoms with E-state index in [0.29, 0.717) is 0 Å². The van der Waals surface area contributed by atoms with Crippen LogP contribution in [-0.2, 0) is 0 Å². The van der Waals surface area contributed by atoms with E-state index in [9.17, 15) is 0 Å². The summed E-state index contributed by atoms with van der Waals surface area (Å²) in [5, 5.41) is 0. The standard InChI is InChI=1S/C10H22N2/c1-11(2)7-9-5-6-10(9)8-12(3)4/h9-10H,5-8H2,1-4H3/t9-,10-/m1/s1. The maximum Gasteiger partial charge on any atom is 0.000669 e. The Kier molecular flexibility index (Phi) is 3.53. The van der Waals surface area contributed by atoms with E-state index in [-0.39, 0.29) is 0 Å². The molecule has 1 saturated carbocycles. The highest BCUT2D eigenvalue weighted by Gasteiger charge is 2.30. The summed E-state index contributed by atoms with van der Waals surface area (Å²) in [5.74, 6) is 1.92. The summed E-state index contributed by atoms with van der Waals surface area (Å²) < 4.78 is 0. The molecule has 0 aromatic carbocycles. The Bertz CT molecular complexity index is 116. The predicted octanol–water partition coefficient (Wildman–Crippen LogP) is 1.14. The molecule has 2 heteroatoms. The molecule has 0 saturated heterocycles. The third-order valence-corrected chi connectivity index (χ3v) is 2.77. The van der Waals surface area contributed by atoms with Gasteiger partial charge in [-0.15, -0.1) is 0 Å². The fourth-order valence-electron chi connectivity index (χ4n) is 2.06. The van der Waals surface area contributed by atoms with Crippen molar-refractivity contribution >= 4 is 0 Å². The second kappa shape index (κ2) is 4.24. The molecule has 0 aromatic rings. The van der Waals surface area contributed by atoms with Crippen molar-refractivity contribution < 1.29 is 0 Å². The van der Waals surface area contributed by atoms with Crippen molar-refractivity contribution in [1.82, 2.24) is 9.80 Å². The van der Waals surface area contributed by atoms with Crippen molar-refractivity contribution in [1.29, 1.82) is 0 Å². The van der Waals surface area contributed by atoms with Crippen LogP contribution in [0.1, 0.15) is 12.8 Å². The maximum absolute atomic E-state index is 2.31. The van der Waals surface area contributed by atoms with Gasteiger partial charge in [-0.25, -0.2) is 0 Å². The van der Waals surface area contributed by atoms with Crippen LogP contribution in [0.2, 0.25) is 0 Å². The zero-order valence-corrected chi connectivity index (χ0v) is 8.88. The third kappa shape index (κ3) is 2.76. The van der Waals surface area contributed by atoms with E-state index < -0.39 is 0 Å².